The third kappa shape index (κ3) is 9.59. The minimum atomic E-state index is -1.53. The molecule has 3 rings (SSSR count). The molecule has 2 fully saturated rings. The number of nitrogens with two attached hydrogens (primary N) is 2. The number of hydrogen-bond acceptors (Lipinski definition) is 7. The summed E-state index contributed by atoms with van der Waals surface area (Å²) in [4.78, 5) is 46.1. The summed E-state index contributed by atoms with van der Waals surface area (Å²) < 4.78 is 0. The highest BCUT2D eigenvalue weighted by Gasteiger charge is 2.50. The molecule has 0 bridgehead atoms. The summed E-state index contributed by atoms with van der Waals surface area (Å²) in [5.74, 6) is -1.69. The molecule has 240 valence electrons. The number of benzene rings is 1. The van der Waals surface area contributed by atoms with Crippen LogP contribution < -0.4 is 22.1 Å². The van der Waals surface area contributed by atoms with Gasteiger partial charge >= 0.3 is 0 Å². The average Bonchev–Trinajstić information content (AvgIpc) is 3.30. The van der Waals surface area contributed by atoms with Crippen molar-refractivity contribution in [3.8, 4) is 5.75 Å². The molecule has 0 spiro atoms. The van der Waals surface area contributed by atoms with Crippen molar-refractivity contribution in [2.75, 3.05) is 13.1 Å². The second kappa shape index (κ2) is 15.8. The van der Waals surface area contributed by atoms with Crippen molar-refractivity contribution in [2.45, 2.75) is 95.5 Å². The summed E-state index contributed by atoms with van der Waals surface area (Å²) in [7, 11) is 0. The third-order valence-electron chi connectivity index (χ3n) is 8.01. The minimum absolute atomic E-state index is 0.00828. The van der Waals surface area contributed by atoms with Crippen LogP contribution >= 0.6 is 23.2 Å². The van der Waals surface area contributed by atoms with E-state index in [0.717, 1.165) is 0 Å². The predicted molar refractivity (Wildman–Crippen MR) is 165 cm³/mol. The van der Waals surface area contributed by atoms with Gasteiger partial charge in [0, 0.05) is 25.6 Å². The van der Waals surface area contributed by atoms with Crippen LogP contribution in [-0.2, 0) is 20.8 Å². The largest absolute Gasteiger partial charge is 0.505 e. The lowest BCUT2D eigenvalue weighted by atomic mass is 9.83. The van der Waals surface area contributed by atoms with E-state index in [1.807, 2.05) is 13.8 Å². The quantitative estimate of drug-likeness (QED) is 0.0950. The first-order valence-electron chi connectivity index (χ1n) is 14.8. The van der Waals surface area contributed by atoms with Crippen LogP contribution in [-0.4, -0.2) is 87.3 Å². The zero-order valence-corrected chi connectivity index (χ0v) is 26.2. The van der Waals surface area contributed by atoms with E-state index < -0.39 is 36.1 Å². The number of rotatable bonds is 13. The number of aliphatic hydroxyl groups excluding tert-OH is 2. The first-order chi connectivity index (χ1) is 20.3. The molecule has 1 aromatic rings. The molecule has 6 atom stereocenters. The summed E-state index contributed by atoms with van der Waals surface area (Å²) in [6.45, 7) is 4.66. The number of guanidine groups is 1. The first kappa shape index (κ1) is 34.7. The summed E-state index contributed by atoms with van der Waals surface area (Å²) in [5.41, 5.74) is 11.1. The lowest BCUT2D eigenvalue weighted by molar-refractivity contribution is -0.145. The number of aliphatic hydroxyl groups is 2. The van der Waals surface area contributed by atoms with Gasteiger partial charge in [0.1, 0.15) is 18.2 Å². The Morgan fingerprint density at radius 1 is 1.12 bits per heavy atom. The Hall–Kier alpha value is -2.80. The second-order valence-corrected chi connectivity index (χ2v) is 12.7. The second-order valence-electron chi connectivity index (χ2n) is 11.9. The molecule has 1 aliphatic heterocycles. The van der Waals surface area contributed by atoms with E-state index in [1.54, 1.807) is 4.90 Å². The molecule has 43 heavy (non-hydrogen) atoms. The van der Waals surface area contributed by atoms with E-state index in [0.29, 0.717) is 57.2 Å². The molecule has 1 heterocycles. The highest BCUT2D eigenvalue weighted by Crippen LogP contribution is 2.40. The zero-order chi connectivity index (χ0) is 31.8. The van der Waals surface area contributed by atoms with Crippen molar-refractivity contribution in [3.63, 3.8) is 0 Å². The fourth-order valence-electron chi connectivity index (χ4n) is 5.95. The smallest absolute Gasteiger partial charge is 0.249 e. The minimum Gasteiger partial charge on any atom is -0.505 e. The number of unbranched alkanes of at least 4 members (excludes halogenated alkanes) is 1. The van der Waals surface area contributed by atoms with Crippen LogP contribution in [0, 0.1) is 11.8 Å². The van der Waals surface area contributed by atoms with Gasteiger partial charge in [0.15, 0.2) is 11.7 Å². The van der Waals surface area contributed by atoms with Gasteiger partial charge in [-0.25, -0.2) is 0 Å². The van der Waals surface area contributed by atoms with E-state index in [1.165, 1.54) is 12.1 Å². The van der Waals surface area contributed by atoms with Gasteiger partial charge in [0.05, 0.1) is 16.1 Å². The number of nitrogens with one attached hydrogen (secondary N) is 2. The fourth-order valence-corrected chi connectivity index (χ4v) is 6.48. The predicted octanol–water partition coefficient (Wildman–Crippen LogP) is 1.43. The number of phenols is 1. The maximum atomic E-state index is 14.1. The van der Waals surface area contributed by atoms with Crippen LogP contribution in [0.5, 0.6) is 5.75 Å². The summed E-state index contributed by atoms with van der Waals surface area (Å²) in [5, 5.41) is 36.5. The Balaban J connectivity index is 1.74. The Kier molecular flexibility index (Phi) is 12.7. The molecule has 2 aliphatic rings. The van der Waals surface area contributed by atoms with Gasteiger partial charge in [-0.05, 0) is 74.5 Å². The first-order valence-corrected chi connectivity index (χ1v) is 15.5. The highest BCUT2D eigenvalue weighted by molar-refractivity contribution is 6.37. The fraction of sp³-hybridized carbons (Fsp3) is 0.655. The van der Waals surface area contributed by atoms with Crippen molar-refractivity contribution in [1.82, 2.24) is 15.5 Å². The van der Waals surface area contributed by atoms with E-state index in [4.69, 9.17) is 34.7 Å². The maximum absolute atomic E-state index is 14.1. The van der Waals surface area contributed by atoms with Gasteiger partial charge in [0.2, 0.25) is 17.7 Å². The van der Waals surface area contributed by atoms with Crippen LogP contribution in [0.15, 0.2) is 17.1 Å². The van der Waals surface area contributed by atoms with Crippen LogP contribution in [0.4, 0.5) is 0 Å². The van der Waals surface area contributed by atoms with Crippen LogP contribution in [0.2, 0.25) is 10.0 Å². The van der Waals surface area contributed by atoms with Crippen molar-refractivity contribution in [2.24, 2.45) is 28.3 Å². The van der Waals surface area contributed by atoms with E-state index in [2.05, 4.69) is 15.6 Å². The number of likely N-dealkylation sites (tertiary alicyclic amines) is 1. The van der Waals surface area contributed by atoms with Crippen LogP contribution in [0.1, 0.15) is 64.4 Å². The van der Waals surface area contributed by atoms with Crippen molar-refractivity contribution >= 4 is 46.9 Å². The SMILES string of the molecule is CC(C)C[C@@H](NC(=O)[C@H](O)Cc1cc(Cl)c(O)c(Cl)c1)C(=O)N1[C@H](C(=O)NCCCCN=C(N)N)C[C@@H]2CC[C@@H](O)C[C@@H]21. The molecular formula is C29H44Cl2N6O6. The highest BCUT2D eigenvalue weighted by atomic mass is 35.5. The molecule has 1 saturated heterocycles. The molecule has 1 aromatic carbocycles. The maximum Gasteiger partial charge on any atom is 0.249 e. The number of phenolic OH excluding ortho intramolecular Hbond substituents is 1. The molecular weight excluding hydrogens is 599 g/mol. The summed E-state index contributed by atoms with van der Waals surface area (Å²) in [6.07, 6.45) is 1.46. The molecule has 12 nitrogen and oxygen atoms in total. The number of halogens is 2. The lowest BCUT2D eigenvalue weighted by Crippen LogP contribution is -2.58. The third-order valence-corrected chi connectivity index (χ3v) is 8.59. The monoisotopic (exact) mass is 642 g/mol. The number of carbonyl (C=O) groups is 3. The molecule has 14 heteroatoms. The Morgan fingerprint density at radius 3 is 2.42 bits per heavy atom. The van der Waals surface area contributed by atoms with Crippen molar-refractivity contribution < 1.29 is 29.7 Å². The standard InChI is InChI=1S/C29H44Cl2N6O6/c1-15(2)9-21(36-27(42)24(39)12-16-10-19(30)25(40)20(31)11-16)28(43)37-22-14-18(38)6-5-17(22)13-23(37)26(41)34-7-3-4-8-35-29(32)33/h10-11,15,17-18,21-24,38-40H,3-9,12-14H2,1-2H3,(H,34,41)(H,36,42)(H4,32,33,35)/t17-,18+,21+,22-,23-,24+/m0/s1. The number of fused-ring (bicyclic) bond motifs is 1. The number of amides is 3. The van der Waals surface area contributed by atoms with Gasteiger partial charge in [-0.15, -0.1) is 0 Å². The number of hydrogen-bond donors (Lipinski definition) is 7. The molecule has 1 saturated carbocycles. The number of nitrogens with zero attached hydrogens (tertiary/aromatic N) is 2. The molecule has 0 radical (unpaired) electrons. The topological polar surface area (TPSA) is 204 Å². The van der Waals surface area contributed by atoms with E-state index in [-0.39, 0.29) is 58.4 Å². The average molecular weight is 644 g/mol. The van der Waals surface area contributed by atoms with Gasteiger partial charge in [-0.1, -0.05) is 37.0 Å². The molecule has 3 amide bonds. The zero-order valence-electron chi connectivity index (χ0n) is 24.6. The Morgan fingerprint density at radius 2 is 1.79 bits per heavy atom. The number of aliphatic imine (C=N–C) groups is 1. The van der Waals surface area contributed by atoms with Gasteiger partial charge < -0.3 is 42.3 Å². The molecule has 0 unspecified atom stereocenters. The van der Waals surface area contributed by atoms with Crippen LogP contribution in [0.25, 0.3) is 0 Å². The van der Waals surface area contributed by atoms with Crippen LogP contribution in [0.3, 0.4) is 0 Å². The van der Waals surface area contributed by atoms with E-state index >= 15 is 0 Å². The van der Waals surface area contributed by atoms with Crippen molar-refractivity contribution in [3.05, 3.63) is 27.7 Å². The lowest BCUT2D eigenvalue weighted by Gasteiger charge is -2.38. The van der Waals surface area contributed by atoms with Crippen molar-refractivity contribution in [1.29, 1.82) is 0 Å². The van der Waals surface area contributed by atoms with Gasteiger partial charge in [0.25, 0.3) is 0 Å². The molecule has 1 aliphatic carbocycles. The molecule has 0 aromatic heterocycles. The Labute approximate surface area is 262 Å². The van der Waals surface area contributed by atoms with Gasteiger partial charge in [-0.3, -0.25) is 19.4 Å². The summed E-state index contributed by atoms with van der Waals surface area (Å²) in [6, 6.07) is 0.717. The Bertz CT molecular complexity index is 1160. The normalized spacial score (nSPS) is 22.9. The molecule has 9 N–H and O–H groups in total. The number of aromatic hydroxyl groups is 1. The van der Waals surface area contributed by atoms with Gasteiger partial charge in [-0.2, -0.15) is 0 Å². The number of carbonyl (C=O) groups excluding carboxylic acids is 3. The van der Waals surface area contributed by atoms with E-state index in [9.17, 15) is 29.7 Å². The summed E-state index contributed by atoms with van der Waals surface area (Å²) >= 11 is 12.0.